The third-order valence-corrected chi connectivity index (χ3v) is 4.43. The number of aliphatic hydroxyl groups excluding tert-OH is 3. The molecule has 15 heteroatoms. The predicted octanol–water partition coefficient (Wildman–Crippen LogP) is -1.35. The first-order chi connectivity index (χ1) is 11.4. The molecule has 0 aromatic heterocycles. The van der Waals surface area contributed by atoms with Crippen LogP contribution in [0.3, 0.4) is 0 Å². The molecule has 0 saturated heterocycles. The molecule has 0 spiro atoms. The third-order valence-electron chi connectivity index (χ3n) is 2.24. The van der Waals surface area contributed by atoms with E-state index in [9.17, 15) is 25.3 Å². The minimum atomic E-state index is -3.66. The molecule has 0 aliphatic carbocycles. The zero-order valence-corrected chi connectivity index (χ0v) is 17.5. The van der Waals surface area contributed by atoms with Gasteiger partial charge in [0.25, 0.3) is 30.4 Å². The van der Waals surface area contributed by atoms with Crippen molar-refractivity contribution in [2.24, 2.45) is 5.41 Å². The van der Waals surface area contributed by atoms with Crippen LogP contribution in [-0.2, 0) is 30.4 Å². The van der Waals surface area contributed by atoms with E-state index in [1.807, 2.05) is 0 Å². The lowest BCUT2D eigenvalue weighted by atomic mass is 9.95. The lowest BCUT2D eigenvalue weighted by Crippen LogP contribution is -2.29. The second kappa shape index (κ2) is 15.6. The molecule has 0 unspecified atom stereocenters. The quantitative estimate of drug-likeness (QED) is 0.258. The Labute approximate surface area is 155 Å². The number of rotatable bonds is 6. The lowest BCUT2D eigenvalue weighted by Gasteiger charge is -2.20. The SMILES string of the molecule is CC(CO)(CO)CO.CCS(=O)(=O)O.CCS(=O)(=O)O.CCS(=O)(=O)O. The van der Waals surface area contributed by atoms with Crippen molar-refractivity contribution in [2.45, 2.75) is 27.7 Å². The predicted molar refractivity (Wildman–Crippen MR) is 95.6 cm³/mol. The smallest absolute Gasteiger partial charge is 0.264 e. The van der Waals surface area contributed by atoms with Crippen molar-refractivity contribution in [3.8, 4) is 0 Å². The fourth-order valence-electron chi connectivity index (χ4n) is 0.150. The maximum absolute atomic E-state index is 9.56. The summed E-state index contributed by atoms with van der Waals surface area (Å²) in [6, 6.07) is 0. The van der Waals surface area contributed by atoms with Gasteiger partial charge in [-0.3, -0.25) is 13.7 Å². The van der Waals surface area contributed by atoms with Gasteiger partial charge in [-0.25, -0.2) is 0 Å². The molecule has 0 aromatic carbocycles. The van der Waals surface area contributed by atoms with E-state index in [0.29, 0.717) is 0 Å². The van der Waals surface area contributed by atoms with Gasteiger partial charge in [-0.1, -0.05) is 6.92 Å². The van der Waals surface area contributed by atoms with E-state index in [-0.39, 0.29) is 37.1 Å². The zero-order valence-electron chi connectivity index (χ0n) is 15.1. The highest BCUT2D eigenvalue weighted by Crippen LogP contribution is 2.10. The summed E-state index contributed by atoms with van der Waals surface area (Å²) in [5.74, 6) is -0.604. The number of hydrogen-bond acceptors (Lipinski definition) is 9. The molecule has 0 aromatic rings. The van der Waals surface area contributed by atoms with Crippen LogP contribution in [0.5, 0.6) is 0 Å². The van der Waals surface area contributed by atoms with Gasteiger partial charge in [0.15, 0.2) is 0 Å². The Morgan fingerprint density at radius 1 is 0.577 bits per heavy atom. The fourth-order valence-corrected chi connectivity index (χ4v) is 0.150. The summed E-state index contributed by atoms with van der Waals surface area (Å²) >= 11 is 0. The van der Waals surface area contributed by atoms with Crippen LogP contribution in [-0.4, -0.2) is 91.3 Å². The molecule has 0 saturated carbocycles. The van der Waals surface area contributed by atoms with Crippen molar-refractivity contribution >= 4 is 30.4 Å². The molecule has 26 heavy (non-hydrogen) atoms. The molecule has 0 aliphatic rings. The number of aliphatic hydroxyl groups is 3. The first-order valence-electron chi connectivity index (χ1n) is 7.04. The molecule has 6 N–H and O–H groups in total. The zero-order chi connectivity index (χ0) is 22.2. The normalized spacial score (nSPS) is 11.8. The summed E-state index contributed by atoms with van der Waals surface area (Å²) in [5, 5.41) is 25.4. The van der Waals surface area contributed by atoms with Crippen LogP contribution >= 0.6 is 0 Å². The maximum Gasteiger partial charge on any atom is 0.264 e. The average molecular weight is 451 g/mol. The van der Waals surface area contributed by atoms with Crippen molar-refractivity contribution in [1.82, 2.24) is 0 Å². The highest BCUT2D eigenvalue weighted by Gasteiger charge is 2.20. The monoisotopic (exact) mass is 450 g/mol. The van der Waals surface area contributed by atoms with Gasteiger partial charge >= 0.3 is 0 Å². The van der Waals surface area contributed by atoms with Crippen LogP contribution in [0.25, 0.3) is 0 Å². The maximum atomic E-state index is 9.56. The van der Waals surface area contributed by atoms with Gasteiger partial charge in [-0.2, -0.15) is 25.3 Å². The van der Waals surface area contributed by atoms with E-state index in [1.54, 1.807) is 6.92 Å². The van der Waals surface area contributed by atoms with Gasteiger partial charge in [0, 0.05) is 5.41 Å². The highest BCUT2D eigenvalue weighted by molar-refractivity contribution is 7.86. The third kappa shape index (κ3) is 38.9. The van der Waals surface area contributed by atoms with Crippen molar-refractivity contribution < 1.29 is 54.2 Å². The Morgan fingerprint density at radius 2 is 0.692 bits per heavy atom. The summed E-state index contributed by atoms with van der Waals surface area (Å²) < 4.78 is 80.7. The molecule has 0 heterocycles. The molecule has 0 bridgehead atoms. The first kappa shape index (κ1) is 33.2. The van der Waals surface area contributed by atoms with Crippen LogP contribution in [0.1, 0.15) is 27.7 Å². The fraction of sp³-hybridized carbons (Fsp3) is 1.00. The van der Waals surface area contributed by atoms with Crippen LogP contribution in [0.4, 0.5) is 0 Å². The molecule has 0 amide bonds. The van der Waals surface area contributed by atoms with E-state index < -0.39 is 35.8 Å². The molecule has 0 radical (unpaired) electrons. The molecular formula is C11H30O12S3. The van der Waals surface area contributed by atoms with Gasteiger partial charge in [0.1, 0.15) is 0 Å². The summed E-state index contributed by atoms with van der Waals surface area (Å²) in [7, 11) is -11.0. The van der Waals surface area contributed by atoms with Crippen molar-refractivity contribution in [3.05, 3.63) is 0 Å². The first-order valence-corrected chi connectivity index (χ1v) is 11.9. The Morgan fingerprint density at radius 3 is 0.692 bits per heavy atom. The molecule has 0 rings (SSSR count). The Kier molecular flexibility index (Phi) is 20.0. The van der Waals surface area contributed by atoms with Crippen LogP contribution in [0.2, 0.25) is 0 Å². The van der Waals surface area contributed by atoms with E-state index in [4.69, 9.17) is 29.0 Å². The van der Waals surface area contributed by atoms with Gasteiger partial charge in [0.2, 0.25) is 0 Å². The highest BCUT2D eigenvalue weighted by atomic mass is 32.2. The largest absolute Gasteiger partial charge is 0.396 e. The topological polar surface area (TPSA) is 224 Å². The minimum absolute atomic E-state index is 0.181. The molecule has 0 aliphatic heterocycles. The van der Waals surface area contributed by atoms with Crippen molar-refractivity contribution in [1.29, 1.82) is 0 Å². The van der Waals surface area contributed by atoms with Gasteiger partial charge in [0.05, 0.1) is 37.1 Å². The van der Waals surface area contributed by atoms with E-state index in [0.717, 1.165) is 0 Å². The van der Waals surface area contributed by atoms with Gasteiger partial charge in [-0.15, -0.1) is 0 Å². The molecule has 0 atom stereocenters. The molecule has 164 valence electrons. The second-order valence-electron chi connectivity index (χ2n) is 4.90. The van der Waals surface area contributed by atoms with Crippen LogP contribution in [0, 0.1) is 5.41 Å². The minimum Gasteiger partial charge on any atom is -0.396 e. The summed E-state index contributed by atoms with van der Waals surface area (Å²) in [6.45, 7) is 5.17. The standard InChI is InChI=1S/C5H12O3.3C2H6O3S/c1-5(2-6,3-7)4-8;3*1-2-6(3,4)5/h6-8H,2-4H2,1H3;3*2H2,1H3,(H,3,4,5). The van der Waals surface area contributed by atoms with E-state index in [1.165, 1.54) is 20.8 Å². The van der Waals surface area contributed by atoms with Gasteiger partial charge in [-0.05, 0) is 20.8 Å². The van der Waals surface area contributed by atoms with Crippen LogP contribution in [0.15, 0.2) is 0 Å². The lowest BCUT2D eigenvalue weighted by molar-refractivity contribution is 0.0200. The number of hydrogen-bond donors (Lipinski definition) is 6. The van der Waals surface area contributed by atoms with Crippen molar-refractivity contribution in [2.75, 3.05) is 37.1 Å². The molecule has 12 nitrogen and oxygen atoms in total. The Bertz CT molecular complexity index is 533. The second-order valence-corrected chi connectivity index (χ2v) is 10.1. The summed E-state index contributed by atoms with van der Waals surface area (Å²) in [6.07, 6.45) is 0. The van der Waals surface area contributed by atoms with Crippen LogP contribution < -0.4 is 0 Å². The van der Waals surface area contributed by atoms with E-state index in [2.05, 4.69) is 0 Å². The Balaban J connectivity index is -0.000000125. The average Bonchev–Trinajstić information content (AvgIpc) is 2.54. The van der Waals surface area contributed by atoms with Gasteiger partial charge < -0.3 is 15.3 Å². The van der Waals surface area contributed by atoms with Crippen molar-refractivity contribution in [3.63, 3.8) is 0 Å². The van der Waals surface area contributed by atoms with E-state index >= 15 is 0 Å². The summed E-state index contributed by atoms with van der Waals surface area (Å²) in [4.78, 5) is 0. The Hall–Kier alpha value is -0.390. The summed E-state index contributed by atoms with van der Waals surface area (Å²) in [5.41, 5.74) is -0.708. The molecular weight excluding hydrogens is 420 g/mol. The molecule has 0 fully saturated rings.